The Bertz CT molecular complexity index is 2530. The maximum absolute atomic E-state index is 13.1. The van der Waals surface area contributed by atoms with E-state index in [9.17, 15) is 43.2 Å². The van der Waals surface area contributed by atoms with E-state index >= 15 is 0 Å². The molecule has 0 spiro atoms. The van der Waals surface area contributed by atoms with Crippen LogP contribution in [0.5, 0.6) is 0 Å². The number of hydrogen-bond donors (Lipinski definition) is 3. The maximum Gasteiger partial charge on any atom is 0.472 e. The predicted molar refractivity (Wildman–Crippen MR) is 436 cm³/mol. The molecular weight excluding hydrogens is 1380 g/mol. The van der Waals surface area contributed by atoms with Gasteiger partial charge in [0.05, 0.1) is 26.4 Å². The molecule has 5 unspecified atom stereocenters. The van der Waals surface area contributed by atoms with Gasteiger partial charge in [0.15, 0.2) is 12.2 Å². The van der Waals surface area contributed by atoms with Crippen LogP contribution in [0.25, 0.3) is 0 Å². The van der Waals surface area contributed by atoms with Gasteiger partial charge >= 0.3 is 39.5 Å². The Morgan fingerprint density at radius 3 is 0.821 bits per heavy atom. The minimum atomic E-state index is -5.01. The van der Waals surface area contributed by atoms with Gasteiger partial charge in [-0.15, -0.1) is 0 Å². The Kier molecular flexibility index (Phi) is 74.8. The third-order valence-corrected chi connectivity index (χ3v) is 19.0. The molecule has 0 saturated heterocycles. The number of hydrogen-bond acceptors (Lipinski definition) is 15. The van der Waals surface area contributed by atoms with Crippen molar-refractivity contribution in [3.05, 3.63) is 134 Å². The lowest BCUT2D eigenvalue weighted by Gasteiger charge is -2.21. The molecule has 0 fully saturated rings. The molecule has 3 N–H and O–H groups in total. The van der Waals surface area contributed by atoms with Crippen molar-refractivity contribution in [1.29, 1.82) is 0 Å². The highest BCUT2D eigenvalue weighted by Gasteiger charge is 2.30. The van der Waals surface area contributed by atoms with Crippen molar-refractivity contribution in [1.82, 2.24) is 0 Å². The van der Waals surface area contributed by atoms with E-state index in [1.165, 1.54) is 103 Å². The number of ether oxygens (including phenoxy) is 4. The number of phosphoric ester groups is 2. The molecule has 106 heavy (non-hydrogen) atoms. The predicted octanol–water partition coefficient (Wildman–Crippen LogP) is 24.4. The summed E-state index contributed by atoms with van der Waals surface area (Å²) in [4.78, 5) is 73.1. The van der Waals surface area contributed by atoms with Gasteiger partial charge in [0.1, 0.15) is 19.3 Å². The van der Waals surface area contributed by atoms with Crippen LogP contribution in [0.4, 0.5) is 0 Å². The molecule has 17 nitrogen and oxygen atoms in total. The van der Waals surface area contributed by atoms with Crippen molar-refractivity contribution < 1.29 is 80.2 Å². The minimum Gasteiger partial charge on any atom is -0.462 e. The van der Waals surface area contributed by atoms with E-state index in [0.717, 1.165) is 148 Å². The van der Waals surface area contributed by atoms with Gasteiger partial charge in [0.2, 0.25) is 0 Å². The van der Waals surface area contributed by atoms with Crippen LogP contribution in [0.3, 0.4) is 0 Å². The number of carbonyl (C=O) groups is 4. The number of phosphoric acid groups is 2. The molecule has 0 radical (unpaired) electrons. The zero-order chi connectivity index (χ0) is 77.4. The Morgan fingerprint density at radius 1 is 0.274 bits per heavy atom. The summed E-state index contributed by atoms with van der Waals surface area (Å²) in [5, 5.41) is 10.7. The third kappa shape index (κ3) is 77.4. The molecule has 608 valence electrons. The van der Waals surface area contributed by atoms with E-state index in [-0.39, 0.29) is 25.7 Å². The molecule has 0 aromatic carbocycles. The van der Waals surface area contributed by atoms with Gasteiger partial charge in [-0.1, -0.05) is 315 Å². The first kappa shape index (κ1) is 101. The van der Waals surface area contributed by atoms with E-state index in [1.807, 2.05) is 18.2 Å². The van der Waals surface area contributed by atoms with E-state index in [2.05, 4.69) is 143 Å². The normalized spacial score (nSPS) is 14.5. The zero-order valence-electron chi connectivity index (χ0n) is 66.6. The summed E-state index contributed by atoms with van der Waals surface area (Å²) >= 11 is 0. The van der Waals surface area contributed by atoms with E-state index < -0.39 is 97.5 Å². The summed E-state index contributed by atoms with van der Waals surface area (Å²) in [6.45, 7) is 4.56. The molecule has 0 aliphatic carbocycles. The van der Waals surface area contributed by atoms with Crippen LogP contribution < -0.4 is 0 Å². The van der Waals surface area contributed by atoms with Gasteiger partial charge in [0.25, 0.3) is 0 Å². The summed E-state index contributed by atoms with van der Waals surface area (Å²) in [6, 6.07) is 0. The van der Waals surface area contributed by atoms with Gasteiger partial charge in [0, 0.05) is 25.7 Å². The summed E-state index contributed by atoms with van der Waals surface area (Å²) in [5.74, 6) is -2.30. The molecular formula is C87H148O17P2. The molecule has 5 atom stereocenters. The molecule has 0 amide bonds. The molecule has 0 bridgehead atoms. The Balaban J connectivity index is 5.46. The molecule has 0 heterocycles. The monoisotopic (exact) mass is 1530 g/mol. The highest BCUT2D eigenvalue weighted by atomic mass is 31.2. The van der Waals surface area contributed by atoms with Crippen LogP contribution >= 0.6 is 15.6 Å². The summed E-state index contributed by atoms with van der Waals surface area (Å²) in [7, 11) is -9.99. The second-order valence-corrected chi connectivity index (χ2v) is 30.2. The second kappa shape index (κ2) is 78.3. The molecule has 0 rings (SSSR count). The van der Waals surface area contributed by atoms with Gasteiger partial charge in [-0.05, 0) is 128 Å². The topological polar surface area (TPSA) is 237 Å². The fourth-order valence-corrected chi connectivity index (χ4v) is 12.5. The van der Waals surface area contributed by atoms with Gasteiger partial charge in [-0.25, -0.2) is 9.13 Å². The van der Waals surface area contributed by atoms with Crippen molar-refractivity contribution >= 4 is 39.5 Å². The van der Waals surface area contributed by atoms with Crippen LogP contribution in [0.1, 0.15) is 336 Å². The first-order valence-electron chi connectivity index (χ1n) is 41.4. The number of aliphatic hydroxyl groups excluding tert-OH is 1. The second-order valence-electron chi connectivity index (χ2n) is 27.3. The standard InChI is InChI=1S/C87H148O17P2/c1-5-9-13-17-21-25-29-33-37-39-40-42-45-48-52-56-60-64-68-72-85(90)98-78-83(104-87(92)74-70-66-62-58-54-50-46-41-38-34-30-26-22-18-14-10-6-2)80-102-106(95,96)100-76-81(88)75-99-105(93,94)101-79-82(103-86(91)73-69-65-61-57-53-49-44-36-32-28-24-20-16-12-8-4)77-97-84(89)71-67-63-59-55-51-47-43-35-31-27-23-19-15-11-7-3/h9-10,13-14,21-22,25-26,33-35,37-38,40,42-43,46,48,50,52,60,64,81-83,88H,5-8,11-12,15-20,23-24,27-32,36,39,41,44-45,47,49,51,53-59,61-63,65-80H2,1-4H3,(H,93,94)(H,95,96)/b13-9-,14-10-,25-21-,26-22-,37-33-,38-34-,42-40-,43-35-,50-46-,52-48-,64-60-. The number of allylic oxidation sites excluding steroid dienone is 22. The molecule has 0 aromatic heterocycles. The van der Waals surface area contributed by atoms with Crippen LogP contribution in [0, 0.1) is 0 Å². The van der Waals surface area contributed by atoms with Crippen LogP contribution in [-0.2, 0) is 65.4 Å². The fourth-order valence-electron chi connectivity index (χ4n) is 10.9. The lowest BCUT2D eigenvalue weighted by atomic mass is 10.0. The van der Waals surface area contributed by atoms with Gasteiger partial charge in [-0.3, -0.25) is 37.3 Å². The van der Waals surface area contributed by atoms with E-state index in [1.54, 1.807) is 0 Å². The van der Waals surface area contributed by atoms with Crippen LogP contribution in [0.15, 0.2) is 134 Å². The molecule has 0 aliphatic heterocycles. The number of carbonyl (C=O) groups excluding carboxylic acids is 4. The summed E-state index contributed by atoms with van der Waals surface area (Å²) in [5.41, 5.74) is 0. The molecule has 0 aromatic rings. The average molecular weight is 1530 g/mol. The zero-order valence-corrected chi connectivity index (χ0v) is 68.4. The van der Waals surface area contributed by atoms with Crippen molar-refractivity contribution in [3.63, 3.8) is 0 Å². The SMILES string of the molecule is CC/C=C\C/C=C\C/C=C\C/C=C\C/C=C\C/C=C\CCC(=O)OCC(COP(=O)(O)OCC(O)COP(=O)(O)OCC(COC(=O)CCCCCCC/C=C\CCCCCCCC)OC(=O)CCCCCCCCCCCCCCCCC)OC(=O)CCCCCC/C=C\C/C=C\C/C=C\C/C=C\CC. The highest BCUT2D eigenvalue weighted by Crippen LogP contribution is 2.45. The Hall–Kier alpha value is -4.80. The average Bonchev–Trinajstić information content (AvgIpc) is 0.902. The van der Waals surface area contributed by atoms with E-state index in [4.69, 9.17) is 37.0 Å². The van der Waals surface area contributed by atoms with Crippen LogP contribution in [0.2, 0.25) is 0 Å². The first-order valence-corrected chi connectivity index (χ1v) is 44.4. The van der Waals surface area contributed by atoms with Crippen LogP contribution in [-0.4, -0.2) is 96.7 Å². The number of unbranched alkanes of at least 4 members (excludes halogenated alkanes) is 29. The number of esters is 4. The quantitative estimate of drug-likeness (QED) is 0.0169. The smallest absolute Gasteiger partial charge is 0.462 e. The lowest BCUT2D eigenvalue weighted by molar-refractivity contribution is -0.161. The molecule has 19 heteroatoms. The number of rotatable bonds is 77. The number of aliphatic hydroxyl groups is 1. The van der Waals surface area contributed by atoms with Gasteiger partial charge in [-0.2, -0.15) is 0 Å². The largest absolute Gasteiger partial charge is 0.472 e. The maximum atomic E-state index is 13.1. The minimum absolute atomic E-state index is 0.0272. The first-order chi connectivity index (χ1) is 51.7. The lowest BCUT2D eigenvalue weighted by Crippen LogP contribution is -2.30. The summed E-state index contributed by atoms with van der Waals surface area (Å²) in [6.07, 6.45) is 88.6. The van der Waals surface area contributed by atoms with Crippen molar-refractivity contribution in [2.45, 2.75) is 354 Å². The van der Waals surface area contributed by atoms with E-state index in [0.29, 0.717) is 32.1 Å². The fraction of sp³-hybridized carbons (Fsp3) is 0.701. The summed E-state index contributed by atoms with van der Waals surface area (Å²) < 4.78 is 68.6. The molecule has 0 aliphatic rings. The molecule has 0 saturated carbocycles. The van der Waals surface area contributed by atoms with Crippen molar-refractivity contribution in [3.8, 4) is 0 Å². The van der Waals surface area contributed by atoms with Crippen molar-refractivity contribution in [2.75, 3.05) is 39.6 Å². The Morgan fingerprint density at radius 2 is 0.509 bits per heavy atom. The highest BCUT2D eigenvalue weighted by molar-refractivity contribution is 7.47. The Labute approximate surface area is 644 Å². The van der Waals surface area contributed by atoms with Crippen molar-refractivity contribution in [2.24, 2.45) is 0 Å². The van der Waals surface area contributed by atoms with Gasteiger partial charge < -0.3 is 33.8 Å². The third-order valence-electron chi connectivity index (χ3n) is 17.1.